The molecule has 1 aliphatic heterocycles. The molecule has 0 spiro atoms. The van der Waals surface area contributed by atoms with Gasteiger partial charge in [0.2, 0.25) is 17.7 Å². The highest BCUT2D eigenvalue weighted by atomic mass is 16.2. The summed E-state index contributed by atoms with van der Waals surface area (Å²) in [7, 11) is 3.25. The van der Waals surface area contributed by atoms with Crippen LogP contribution in [0, 0.1) is 0 Å². The van der Waals surface area contributed by atoms with Crippen molar-refractivity contribution in [1.29, 1.82) is 0 Å². The molecule has 3 amide bonds. The number of hydrogen-bond acceptors (Lipinski definition) is 4. The number of nitrogens with zero attached hydrogens (tertiary/aromatic N) is 3. The fraction of sp³-hybridized carbons (Fsp3) is 0.379. The predicted octanol–water partition coefficient (Wildman–Crippen LogP) is 4.02. The lowest BCUT2D eigenvalue weighted by Crippen LogP contribution is -2.41. The molecule has 0 saturated carbocycles. The minimum Gasteiger partial charge on any atom is -0.340 e. The number of nitrogens with one attached hydrogen (secondary N) is 1. The van der Waals surface area contributed by atoms with E-state index in [1.54, 1.807) is 11.9 Å². The van der Waals surface area contributed by atoms with Crippen LogP contribution < -0.4 is 0 Å². The van der Waals surface area contributed by atoms with Crippen molar-refractivity contribution >= 4 is 17.7 Å². The van der Waals surface area contributed by atoms with Crippen LogP contribution in [0.1, 0.15) is 54.6 Å². The van der Waals surface area contributed by atoms with Gasteiger partial charge in [-0.1, -0.05) is 61.0 Å². The number of likely N-dealkylation sites (tertiary alicyclic amines) is 1. The molecule has 1 N–H and O–H groups in total. The van der Waals surface area contributed by atoms with Crippen LogP contribution in [-0.2, 0) is 39.2 Å². The van der Waals surface area contributed by atoms with Gasteiger partial charge in [-0.3, -0.25) is 24.4 Å². The molecule has 1 saturated heterocycles. The standard InChI is InChI=1S/C29H32N4O3/c1-32(19-25-23-11-7-4-8-12-24(23)30-31-25)26(34)17-29(18-27(35)33(2)28(29)36)22-15-13-21(14-16-22)20-9-5-3-6-10-20/h3,5-6,9-10,13-16H,4,7-8,11-12,17-19H2,1-2H3,(H,30,31)/t29-/m0/s1. The second kappa shape index (κ2) is 9.72. The van der Waals surface area contributed by atoms with Gasteiger partial charge in [-0.15, -0.1) is 0 Å². The van der Waals surface area contributed by atoms with Crippen molar-refractivity contribution in [3.05, 3.63) is 77.1 Å². The Morgan fingerprint density at radius 3 is 2.39 bits per heavy atom. The van der Waals surface area contributed by atoms with E-state index in [9.17, 15) is 14.4 Å². The van der Waals surface area contributed by atoms with E-state index in [0.717, 1.165) is 47.4 Å². The molecule has 3 aromatic rings. The monoisotopic (exact) mass is 484 g/mol. The van der Waals surface area contributed by atoms with Gasteiger partial charge in [-0.2, -0.15) is 5.10 Å². The summed E-state index contributed by atoms with van der Waals surface area (Å²) >= 11 is 0. The highest BCUT2D eigenvalue weighted by Crippen LogP contribution is 2.40. The van der Waals surface area contributed by atoms with Crippen LogP contribution in [0.25, 0.3) is 11.1 Å². The van der Waals surface area contributed by atoms with Gasteiger partial charge in [0.05, 0.1) is 17.7 Å². The zero-order chi connectivity index (χ0) is 25.3. The summed E-state index contributed by atoms with van der Waals surface area (Å²) in [6, 6.07) is 17.6. The molecule has 7 heteroatoms. The number of aromatic nitrogens is 2. The number of H-pyrrole nitrogens is 1. The van der Waals surface area contributed by atoms with Gasteiger partial charge in [0.15, 0.2) is 0 Å². The van der Waals surface area contributed by atoms with Gasteiger partial charge >= 0.3 is 0 Å². The topological polar surface area (TPSA) is 86.4 Å². The Morgan fingerprint density at radius 2 is 1.69 bits per heavy atom. The van der Waals surface area contributed by atoms with Crippen LogP contribution in [0.15, 0.2) is 54.6 Å². The number of fused-ring (bicyclic) bond motifs is 1. The fourth-order valence-corrected chi connectivity index (χ4v) is 5.53. The molecule has 1 atom stereocenters. The second-order valence-corrected chi connectivity index (χ2v) is 10.1. The summed E-state index contributed by atoms with van der Waals surface area (Å²) < 4.78 is 0. The number of hydrogen-bond donors (Lipinski definition) is 1. The smallest absolute Gasteiger partial charge is 0.240 e. The van der Waals surface area contributed by atoms with Crippen LogP contribution in [0.2, 0.25) is 0 Å². The normalized spacial score (nSPS) is 19.8. The van der Waals surface area contributed by atoms with Crippen molar-refractivity contribution in [3.8, 4) is 11.1 Å². The van der Waals surface area contributed by atoms with Crippen LogP contribution in [0.4, 0.5) is 0 Å². The molecule has 2 aliphatic rings. The number of aryl methyl sites for hydroxylation is 1. The molecule has 5 rings (SSSR count). The molecule has 1 aliphatic carbocycles. The molecule has 0 bridgehead atoms. The van der Waals surface area contributed by atoms with Crippen molar-refractivity contribution in [2.45, 2.75) is 56.9 Å². The van der Waals surface area contributed by atoms with Gasteiger partial charge in [0.1, 0.15) is 0 Å². The summed E-state index contributed by atoms with van der Waals surface area (Å²) in [6.07, 6.45) is 5.37. The lowest BCUT2D eigenvalue weighted by Gasteiger charge is -2.29. The fourth-order valence-electron chi connectivity index (χ4n) is 5.53. The molecule has 0 unspecified atom stereocenters. The van der Waals surface area contributed by atoms with Crippen LogP contribution in [-0.4, -0.2) is 51.8 Å². The van der Waals surface area contributed by atoms with Crippen LogP contribution in [0.5, 0.6) is 0 Å². The lowest BCUT2D eigenvalue weighted by atomic mass is 9.75. The van der Waals surface area contributed by atoms with Gasteiger partial charge in [0.25, 0.3) is 0 Å². The number of benzene rings is 2. The van der Waals surface area contributed by atoms with E-state index < -0.39 is 5.41 Å². The Kier molecular flexibility index (Phi) is 6.48. The number of carbonyl (C=O) groups is 3. The molecule has 1 fully saturated rings. The molecule has 2 aromatic carbocycles. The van der Waals surface area contributed by atoms with Crippen LogP contribution in [0.3, 0.4) is 0 Å². The Balaban J connectivity index is 1.40. The molecule has 0 radical (unpaired) electrons. The molecule has 186 valence electrons. The summed E-state index contributed by atoms with van der Waals surface area (Å²) in [5.74, 6) is -0.764. The summed E-state index contributed by atoms with van der Waals surface area (Å²) in [4.78, 5) is 42.3. The summed E-state index contributed by atoms with van der Waals surface area (Å²) in [5.41, 5.74) is 4.88. The van der Waals surface area contributed by atoms with Crippen LogP contribution >= 0.6 is 0 Å². The third kappa shape index (κ3) is 4.34. The Labute approximate surface area is 211 Å². The van der Waals surface area contributed by atoms with E-state index in [4.69, 9.17) is 0 Å². The minimum absolute atomic E-state index is 0.00952. The van der Waals surface area contributed by atoms with Crippen molar-refractivity contribution < 1.29 is 14.4 Å². The maximum absolute atomic E-state index is 13.5. The maximum atomic E-state index is 13.5. The molecular weight excluding hydrogens is 452 g/mol. The third-order valence-electron chi connectivity index (χ3n) is 7.74. The predicted molar refractivity (Wildman–Crippen MR) is 137 cm³/mol. The SMILES string of the molecule is CN(Cc1n[nH]c2c1CCCCC2)C(=O)C[C@@]1(c2ccc(-c3ccccc3)cc2)CC(=O)N(C)C1=O. The second-order valence-electron chi connectivity index (χ2n) is 10.1. The summed E-state index contributed by atoms with van der Waals surface area (Å²) in [5, 5.41) is 7.66. The quantitative estimate of drug-likeness (QED) is 0.423. The summed E-state index contributed by atoms with van der Waals surface area (Å²) in [6.45, 7) is 0.381. The Hall–Kier alpha value is -3.74. The van der Waals surface area contributed by atoms with Crippen molar-refractivity contribution in [2.24, 2.45) is 0 Å². The Morgan fingerprint density at radius 1 is 1.00 bits per heavy atom. The van der Waals surface area contributed by atoms with E-state index in [1.807, 2.05) is 54.6 Å². The number of imide groups is 1. The molecule has 36 heavy (non-hydrogen) atoms. The first-order valence-corrected chi connectivity index (χ1v) is 12.6. The Bertz CT molecular complexity index is 1280. The first-order valence-electron chi connectivity index (χ1n) is 12.6. The number of rotatable bonds is 6. The van der Waals surface area contributed by atoms with Crippen molar-refractivity contribution in [1.82, 2.24) is 20.0 Å². The lowest BCUT2D eigenvalue weighted by molar-refractivity contribution is -0.141. The van der Waals surface area contributed by atoms with Gasteiger partial charge in [-0.05, 0) is 47.9 Å². The zero-order valence-electron chi connectivity index (χ0n) is 20.9. The molecular formula is C29H32N4O3. The number of amides is 3. The largest absolute Gasteiger partial charge is 0.340 e. The molecule has 2 heterocycles. The van der Waals surface area contributed by atoms with Gasteiger partial charge in [0, 0.05) is 32.6 Å². The number of aromatic amines is 1. The van der Waals surface area contributed by atoms with E-state index >= 15 is 0 Å². The van der Waals surface area contributed by atoms with Crippen molar-refractivity contribution in [2.75, 3.05) is 14.1 Å². The van der Waals surface area contributed by atoms with Gasteiger partial charge < -0.3 is 4.90 Å². The first-order chi connectivity index (χ1) is 17.4. The third-order valence-corrected chi connectivity index (χ3v) is 7.74. The van der Waals surface area contributed by atoms with E-state index in [-0.39, 0.29) is 30.6 Å². The maximum Gasteiger partial charge on any atom is 0.240 e. The number of likely N-dealkylation sites (N-methyl/N-ethyl adjacent to an activating group) is 1. The zero-order valence-corrected chi connectivity index (χ0v) is 20.9. The molecule has 1 aromatic heterocycles. The highest BCUT2D eigenvalue weighted by molar-refractivity contribution is 6.10. The first kappa shape index (κ1) is 24.0. The highest BCUT2D eigenvalue weighted by Gasteiger charge is 2.52. The molecule has 7 nitrogen and oxygen atoms in total. The average Bonchev–Trinajstić information content (AvgIpc) is 3.24. The average molecular weight is 485 g/mol. The van der Waals surface area contributed by atoms with E-state index in [0.29, 0.717) is 12.1 Å². The number of carbonyl (C=O) groups excluding carboxylic acids is 3. The van der Waals surface area contributed by atoms with Crippen molar-refractivity contribution in [3.63, 3.8) is 0 Å². The van der Waals surface area contributed by atoms with Gasteiger partial charge in [-0.25, -0.2) is 0 Å². The minimum atomic E-state index is -1.20. The van der Waals surface area contributed by atoms with E-state index in [2.05, 4.69) is 10.2 Å². The van der Waals surface area contributed by atoms with E-state index in [1.165, 1.54) is 24.7 Å².